The highest BCUT2D eigenvalue weighted by atomic mass is 16.3. The Labute approximate surface area is 245 Å². The van der Waals surface area contributed by atoms with Gasteiger partial charge in [0.1, 0.15) is 6.54 Å². The molecular weight excluding hydrogens is 530 g/mol. The fourth-order valence-electron chi connectivity index (χ4n) is 7.99. The molecule has 0 bridgehead atoms. The van der Waals surface area contributed by atoms with E-state index in [1.165, 1.54) is 27.1 Å². The summed E-state index contributed by atoms with van der Waals surface area (Å²) in [6.07, 6.45) is 3.40. The highest BCUT2D eigenvalue weighted by Crippen LogP contribution is 2.49. The van der Waals surface area contributed by atoms with Crippen molar-refractivity contribution in [2.45, 2.75) is 50.8 Å². The Balaban J connectivity index is 0.969. The molecule has 1 saturated carbocycles. The van der Waals surface area contributed by atoms with Crippen LogP contribution in [0.25, 0.3) is 10.9 Å². The number of rotatable bonds is 7. The minimum atomic E-state index is -0.645. The SMILES string of the molecule is O=C(NCCCN1CC(=O)N(Cc2ccccc2)C1=O)C1[C@H]2C[C@H]3c4[nH]c5ccccc5c4CCN3C[C@@H]2CC[C@@H]1O. The molecule has 9 heteroatoms. The molecule has 220 valence electrons. The van der Waals surface area contributed by atoms with E-state index in [1.54, 1.807) is 4.90 Å². The molecule has 0 radical (unpaired) electrons. The van der Waals surface area contributed by atoms with Gasteiger partial charge in [-0.05, 0) is 61.1 Å². The largest absolute Gasteiger partial charge is 0.392 e. The van der Waals surface area contributed by atoms with Crippen molar-refractivity contribution in [2.24, 2.45) is 17.8 Å². The number of nitrogens with one attached hydrogen (secondary N) is 2. The summed E-state index contributed by atoms with van der Waals surface area (Å²) in [5.74, 6) is -0.201. The number of benzene rings is 2. The molecule has 5 atom stereocenters. The van der Waals surface area contributed by atoms with Crippen LogP contribution in [0.4, 0.5) is 4.79 Å². The molecule has 3 fully saturated rings. The molecule has 1 aliphatic carbocycles. The first-order valence-electron chi connectivity index (χ1n) is 15.4. The van der Waals surface area contributed by atoms with Gasteiger partial charge in [0.25, 0.3) is 5.91 Å². The number of carbonyl (C=O) groups excluding carboxylic acids is 3. The highest BCUT2D eigenvalue weighted by molar-refractivity contribution is 6.01. The third kappa shape index (κ3) is 4.88. The maximum atomic E-state index is 13.5. The molecule has 4 heterocycles. The molecule has 2 saturated heterocycles. The molecule has 3 aromatic rings. The van der Waals surface area contributed by atoms with E-state index in [4.69, 9.17) is 0 Å². The lowest BCUT2D eigenvalue weighted by Gasteiger charge is -2.51. The van der Waals surface area contributed by atoms with Crippen molar-refractivity contribution >= 4 is 28.7 Å². The summed E-state index contributed by atoms with van der Waals surface area (Å²) in [5.41, 5.74) is 4.77. The summed E-state index contributed by atoms with van der Waals surface area (Å²) >= 11 is 0. The third-order valence-corrected chi connectivity index (χ3v) is 10.1. The van der Waals surface area contributed by atoms with E-state index in [1.807, 2.05) is 30.3 Å². The number of imide groups is 1. The lowest BCUT2D eigenvalue weighted by molar-refractivity contribution is -0.139. The lowest BCUT2D eigenvalue weighted by atomic mass is 9.64. The Kier molecular flexibility index (Phi) is 7.23. The molecule has 1 unspecified atom stereocenters. The van der Waals surface area contributed by atoms with Gasteiger partial charge < -0.3 is 20.3 Å². The van der Waals surface area contributed by atoms with Crippen molar-refractivity contribution in [3.63, 3.8) is 0 Å². The van der Waals surface area contributed by atoms with Crippen LogP contribution in [0.1, 0.15) is 48.5 Å². The number of piperidine rings is 1. The highest BCUT2D eigenvalue weighted by Gasteiger charge is 2.49. The van der Waals surface area contributed by atoms with Gasteiger partial charge in [-0.15, -0.1) is 0 Å². The van der Waals surface area contributed by atoms with Crippen molar-refractivity contribution in [1.82, 2.24) is 25.0 Å². The first-order valence-corrected chi connectivity index (χ1v) is 15.4. The number of hydrogen-bond donors (Lipinski definition) is 3. The summed E-state index contributed by atoms with van der Waals surface area (Å²) in [5, 5.41) is 15.4. The Morgan fingerprint density at radius 2 is 1.86 bits per heavy atom. The van der Waals surface area contributed by atoms with Crippen LogP contribution >= 0.6 is 0 Å². The Morgan fingerprint density at radius 1 is 1.05 bits per heavy atom. The molecule has 1 aromatic heterocycles. The van der Waals surface area contributed by atoms with Crippen molar-refractivity contribution < 1.29 is 19.5 Å². The van der Waals surface area contributed by atoms with Gasteiger partial charge in [-0.3, -0.25) is 19.4 Å². The summed E-state index contributed by atoms with van der Waals surface area (Å²) in [6.45, 7) is 3.13. The second-order valence-electron chi connectivity index (χ2n) is 12.5. The van der Waals surface area contributed by atoms with Crippen LogP contribution in [0, 0.1) is 17.8 Å². The number of aliphatic hydroxyl groups is 1. The monoisotopic (exact) mass is 569 g/mol. The van der Waals surface area contributed by atoms with Crippen molar-refractivity contribution in [2.75, 3.05) is 32.7 Å². The topological polar surface area (TPSA) is 109 Å². The number of para-hydroxylation sites is 1. The second-order valence-corrected chi connectivity index (χ2v) is 12.5. The normalized spacial score (nSPS) is 27.6. The third-order valence-electron chi connectivity index (χ3n) is 10.1. The number of carbonyl (C=O) groups is 3. The zero-order valence-electron chi connectivity index (χ0n) is 23.9. The number of aromatic amines is 1. The zero-order valence-corrected chi connectivity index (χ0v) is 23.9. The number of aromatic nitrogens is 1. The Hall–Kier alpha value is -3.69. The quantitative estimate of drug-likeness (QED) is 0.298. The molecule has 9 nitrogen and oxygen atoms in total. The minimum absolute atomic E-state index is 0.0678. The van der Waals surface area contributed by atoms with E-state index in [9.17, 15) is 19.5 Å². The molecule has 3 N–H and O–H groups in total. The maximum Gasteiger partial charge on any atom is 0.327 e. The van der Waals surface area contributed by atoms with Gasteiger partial charge in [-0.1, -0.05) is 48.5 Å². The average Bonchev–Trinajstić information content (AvgIpc) is 3.51. The lowest BCUT2D eigenvalue weighted by Crippen LogP contribution is -2.55. The van der Waals surface area contributed by atoms with E-state index < -0.39 is 12.0 Å². The first kappa shape index (κ1) is 27.2. The second kappa shape index (κ2) is 11.2. The van der Waals surface area contributed by atoms with Crippen LogP contribution in [-0.2, 0) is 22.6 Å². The average molecular weight is 570 g/mol. The Bertz CT molecular complexity index is 1490. The molecule has 7 rings (SSSR count). The number of fused-ring (bicyclic) bond motifs is 6. The molecular formula is C33H39N5O4. The van der Waals surface area contributed by atoms with E-state index in [0.717, 1.165) is 37.9 Å². The van der Waals surface area contributed by atoms with Crippen LogP contribution in [0.15, 0.2) is 54.6 Å². The van der Waals surface area contributed by atoms with E-state index in [0.29, 0.717) is 31.8 Å². The number of H-pyrrole nitrogens is 1. The number of nitrogens with zero attached hydrogens (tertiary/aromatic N) is 3. The van der Waals surface area contributed by atoms with Gasteiger partial charge in [0.2, 0.25) is 5.91 Å². The van der Waals surface area contributed by atoms with Crippen molar-refractivity contribution in [3.8, 4) is 0 Å². The van der Waals surface area contributed by atoms with E-state index in [2.05, 4.69) is 39.5 Å². The number of urea groups is 1. The van der Waals surface area contributed by atoms with Crippen molar-refractivity contribution in [3.05, 3.63) is 71.4 Å². The molecule has 4 aliphatic rings. The molecule has 2 aromatic carbocycles. The summed E-state index contributed by atoms with van der Waals surface area (Å²) < 4.78 is 0. The van der Waals surface area contributed by atoms with Gasteiger partial charge in [0, 0.05) is 42.8 Å². The van der Waals surface area contributed by atoms with Crippen LogP contribution < -0.4 is 5.32 Å². The van der Waals surface area contributed by atoms with Crippen LogP contribution in [0.2, 0.25) is 0 Å². The van der Waals surface area contributed by atoms with Crippen LogP contribution in [-0.4, -0.2) is 81.5 Å². The predicted octanol–water partition coefficient (Wildman–Crippen LogP) is 3.44. The van der Waals surface area contributed by atoms with E-state index >= 15 is 0 Å². The molecule has 0 spiro atoms. The Morgan fingerprint density at radius 3 is 2.71 bits per heavy atom. The van der Waals surface area contributed by atoms with Gasteiger partial charge in [0.05, 0.1) is 24.6 Å². The number of amides is 4. The smallest absolute Gasteiger partial charge is 0.327 e. The summed E-state index contributed by atoms with van der Waals surface area (Å²) in [4.78, 5) is 48.0. The van der Waals surface area contributed by atoms with Crippen LogP contribution in [0.5, 0.6) is 0 Å². The molecule has 4 amide bonds. The van der Waals surface area contributed by atoms with Gasteiger partial charge in [-0.2, -0.15) is 0 Å². The maximum absolute atomic E-state index is 13.5. The fourth-order valence-corrected chi connectivity index (χ4v) is 7.99. The summed E-state index contributed by atoms with van der Waals surface area (Å²) in [6, 6.07) is 17.9. The minimum Gasteiger partial charge on any atom is -0.392 e. The summed E-state index contributed by atoms with van der Waals surface area (Å²) in [7, 11) is 0. The van der Waals surface area contributed by atoms with Crippen LogP contribution in [0.3, 0.4) is 0 Å². The molecule has 3 aliphatic heterocycles. The predicted molar refractivity (Wildman–Crippen MR) is 158 cm³/mol. The first-order chi connectivity index (χ1) is 20.5. The number of aliphatic hydroxyl groups excluding tert-OH is 1. The van der Waals surface area contributed by atoms with Gasteiger partial charge in [-0.25, -0.2) is 4.79 Å². The molecule has 42 heavy (non-hydrogen) atoms. The van der Waals surface area contributed by atoms with E-state index in [-0.39, 0.29) is 42.9 Å². The van der Waals surface area contributed by atoms with Gasteiger partial charge in [0.15, 0.2) is 0 Å². The van der Waals surface area contributed by atoms with Gasteiger partial charge >= 0.3 is 6.03 Å². The number of hydrogen-bond acceptors (Lipinski definition) is 5. The zero-order chi connectivity index (χ0) is 28.8. The fraction of sp³-hybridized carbons (Fsp3) is 0.485. The van der Waals surface area contributed by atoms with Crippen molar-refractivity contribution in [1.29, 1.82) is 0 Å². The standard InChI is InChI=1S/C33H39N5O4/c39-28-12-11-22-19-36-16-13-24-23-9-4-5-10-26(23)35-31(24)27(36)17-25(22)30(28)32(41)34-14-6-15-37-20-29(40)38(33(37)42)18-21-7-2-1-3-8-21/h1-5,7-10,22,25,27-28,30,35,39H,6,11-20H2,(H,34,41)/t22-,25-,27-,28-,30?/m0/s1.